The molecular weight excluding hydrogens is 322 g/mol. The fourth-order valence-electron chi connectivity index (χ4n) is 3.85. The number of carboxylic acids is 1. The van der Waals surface area contributed by atoms with Gasteiger partial charge in [-0.1, -0.05) is 26.0 Å². The molecule has 3 rings (SSSR count). The van der Waals surface area contributed by atoms with Crippen molar-refractivity contribution in [2.24, 2.45) is 5.41 Å². The molecule has 1 aromatic rings. The molecule has 1 fully saturated rings. The Morgan fingerprint density at radius 1 is 1.40 bits per heavy atom. The van der Waals surface area contributed by atoms with Crippen LogP contribution in [0, 0.1) is 5.41 Å². The summed E-state index contributed by atoms with van der Waals surface area (Å²) in [4.78, 5) is 24.5. The predicted octanol–water partition coefficient (Wildman–Crippen LogP) is 1.94. The molecule has 6 nitrogen and oxygen atoms in total. The van der Waals surface area contributed by atoms with E-state index >= 15 is 0 Å². The zero-order valence-corrected chi connectivity index (χ0v) is 14.9. The van der Waals surface area contributed by atoms with Crippen LogP contribution in [0.5, 0.6) is 5.75 Å². The number of ether oxygens (including phenoxy) is 2. The largest absolute Gasteiger partial charge is 0.493 e. The molecule has 0 aromatic heterocycles. The third kappa shape index (κ3) is 2.88. The van der Waals surface area contributed by atoms with Gasteiger partial charge < -0.3 is 19.9 Å². The van der Waals surface area contributed by atoms with Gasteiger partial charge in [0.1, 0.15) is 11.3 Å². The Morgan fingerprint density at radius 3 is 2.80 bits per heavy atom. The van der Waals surface area contributed by atoms with Gasteiger partial charge in [-0.25, -0.2) is 4.79 Å². The number of carbonyl (C=O) groups is 2. The fourth-order valence-corrected chi connectivity index (χ4v) is 3.85. The topological polar surface area (TPSA) is 84.9 Å². The fraction of sp³-hybridized carbons (Fsp3) is 0.579. The van der Waals surface area contributed by atoms with E-state index in [-0.39, 0.29) is 24.9 Å². The lowest BCUT2D eigenvalue weighted by atomic mass is 9.54. The van der Waals surface area contributed by atoms with Crippen LogP contribution in [-0.2, 0) is 27.2 Å². The Morgan fingerprint density at radius 2 is 2.16 bits per heavy atom. The summed E-state index contributed by atoms with van der Waals surface area (Å²) in [5.41, 5.74) is -0.000511. The molecule has 0 spiro atoms. The van der Waals surface area contributed by atoms with Crippen molar-refractivity contribution in [2.45, 2.75) is 51.7 Å². The lowest BCUT2D eigenvalue weighted by Crippen LogP contribution is -2.76. The van der Waals surface area contributed by atoms with Gasteiger partial charge in [0.2, 0.25) is 5.91 Å². The van der Waals surface area contributed by atoms with Gasteiger partial charge in [0.15, 0.2) is 0 Å². The quantitative estimate of drug-likeness (QED) is 0.821. The van der Waals surface area contributed by atoms with E-state index in [1.165, 1.54) is 0 Å². The highest BCUT2D eigenvalue weighted by atomic mass is 16.5. The van der Waals surface area contributed by atoms with Crippen molar-refractivity contribution in [1.82, 2.24) is 5.32 Å². The molecule has 0 radical (unpaired) electrons. The van der Waals surface area contributed by atoms with Crippen molar-refractivity contribution in [3.63, 3.8) is 0 Å². The van der Waals surface area contributed by atoms with Gasteiger partial charge >= 0.3 is 5.97 Å². The van der Waals surface area contributed by atoms with Crippen LogP contribution in [0.25, 0.3) is 0 Å². The van der Waals surface area contributed by atoms with E-state index in [9.17, 15) is 14.7 Å². The summed E-state index contributed by atoms with van der Waals surface area (Å²) in [5.74, 6) is -0.431. The second kappa shape index (κ2) is 6.33. The first-order valence-corrected chi connectivity index (χ1v) is 8.71. The molecule has 2 aliphatic rings. The van der Waals surface area contributed by atoms with Crippen LogP contribution in [0.4, 0.5) is 0 Å². The average molecular weight is 347 g/mol. The Balaban J connectivity index is 1.71. The number of hydrogen-bond acceptors (Lipinski definition) is 4. The second-order valence-corrected chi connectivity index (χ2v) is 7.35. The van der Waals surface area contributed by atoms with Crippen molar-refractivity contribution in [3.05, 3.63) is 29.3 Å². The Bertz CT molecular complexity index is 699. The van der Waals surface area contributed by atoms with E-state index in [2.05, 4.69) is 5.32 Å². The molecule has 1 aliphatic carbocycles. The highest BCUT2D eigenvalue weighted by molar-refractivity contribution is 5.90. The van der Waals surface area contributed by atoms with Gasteiger partial charge in [-0.2, -0.15) is 0 Å². The SMILES string of the molecule is CCOC1CC(NC(=O)Cc2ccc3c(c2)CCO3)(C(=O)O)C1(C)C. The molecule has 136 valence electrons. The first kappa shape index (κ1) is 17.7. The van der Waals surface area contributed by atoms with Crippen molar-refractivity contribution in [3.8, 4) is 5.75 Å². The van der Waals surface area contributed by atoms with E-state index in [1.54, 1.807) is 0 Å². The van der Waals surface area contributed by atoms with E-state index in [0.717, 1.165) is 23.3 Å². The summed E-state index contributed by atoms with van der Waals surface area (Å²) in [6.07, 6.45) is 1.10. The zero-order valence-electron chi connectivity index (χ0n) is 14.9. The van der Waals surface area contributed by atoms with Crippen molar-refractivity contribution in [2.75, 3.05) is 13.2 Å². The molecule has 1 aliphatic heterocycles. The predicted molar refractivity (Wildman–Crippen MR) is 91.7 cm³/mol. The Hall–Kier alpha value is -2.08. The third-order valence-corrected chi connectivity index (χ3v) is 5.60. The summed E-state index contributed by atoms with van der Waals surface area (Å²) < 4.78 is 11.1. The lowest BCUT2D eigenvalue weighted by molar-refractivity contribution is -0.194. The standard InChI is InChI=1S/C19H25NO5/c1-4-24-15-11-19(17(22)23,18(15,2)3)20-16(21)10-12-5-6-14-13(9-12)7-8-25-14/h5-6,9,15H,4,7-8,10-11H2,1-3H3,(H,20,21)(H,22,23). The number of carboxylic acid groups (broad SMARTS) is 1. The van der Waals surface area contributed by atoms with E-state index in [4.69, 9.17) is 9.47 Å². The summed E-state index contributed by atoms with van der Waals surface area (Å²) in [5, 5.41) is 12.5. The minimum atomic E-state index is -1.29. The smallest absolute Gasteiger partial charge is 0.330 e. The molecule has 0 saturated heterocycles. The van der Waals surface area contributed by atoms with Crippen LogP contribution in [-0.4, -0.2) is 41.8 Å². The molecule has 1 aromatic carbocycles. The number of fused-ring (bicyclic) bond motifs is 1. The summed E-state index contributed by atoms with van der Waals surface area (Å²) in [7, 11) is 0. The van der Waals surface area contributed by atoms with Gasteiger partial charge in [-0.3, -0.25) is 4.79 Å². The molecule has 2 atom stereocenters. The molecule has 1 saturated carbocycles. The molecule has 2 N–H and O–H groups in total. The lowest BCUT2D eigenvalue weighted by Gasteiger charge is -2.58. The number of carbonyl (C=O) groups excluding carboxylic acids is 1. The molecule has 1 heterocycles. The van der Waals surface area contributed by atoms with E-state index < -0.39 is 16.9 Å². The highest BCUT2D eigenvalue weighted by Crippen LogP contribution is 2.51. The van der Waals surface area contributed by atoms with Crippen LogP contribution in [0.3, 0.4) is 0 Å². The summed E-state index contributed by atoms with van der Waals surface area (Å²) in [6, 6.07) is 5.69. The first-order chi connectivity index (χ1) is 11.8. The zero-order chi connectivity index (χ0) is 18.2. The number of hydrogen-bond donors (Lipinski definition) is 2. The highest BCUT2D eigenvalue weighted by Gasteiger charge is 2.66. The van der Waals surface area contributed by atoms with E-state index in [1.807, 2.05) is 39.0 Å². The van der Waals surface area contributed by atoms with Gasteiger partial charge in [0.05, 0.1) is 19.1 Å². The normalized spacial score (nSPS) is 26.3. The van der Waals surface area contributed by atoms with Crippen LogP contribution in [0.2, 0.25) is 0 Å². The summed E-state index contributed by atoms with van der Waals surface area (Å²) >= 11 is 0. The molecule has 6 heteroatoms. The van der Waals surface area contributed by atoms with Crippen LogP contribution in [0.1, 0.15) is 38.3 Å². The van der Waals surface area contributed by atoms with Gasteiger partial charge in [-0.15, -0.1) is 0 Å². The maximum atomic E-state index is 12.5. The third-order valence-electron chi connectivity index (χ3n) is 5.60. The molecule has 1 amide bonds. The molecule has 25 heavy (non-hydrogen) atoms. The van der Waals surface area contributed by atoms with Crippen LogP contribution < -0.4 is 10.1 Å². The van der Waals surface area contributed by atoms with Crippen LogP contribution in [0.15, 0.2) is 18.2 Å². The van der Waals surface area contributed by atoms with Gasteiger partial charge in [0.25, 0.3) is 0 Å². The number of amides is 1. The van der Waals surface area contributed by atoms with Crippen LogP contribution >= 0.6 is 0 Å². The number of benzene rings is 1. The van der Waals surface area contributed by atoms with Crippen molar-refractivity contribution in [1.29, 1.82) is 0 Å². The summed E-state index contributed by atoms with van der Waals surface area (Å²) in [6.45, 7) is 6.73. The molecule has 0 bridgehead atoms. The van der Waals surface area contributed by atoms with Gasteiger partial charge in [-0.05, 0) is 24.1 Å². The number of aliphatic carboxylic acids is 1. The molecular formula is C19H25NO5. The Kier molecular flexibility index (Phi) is 4.49. The maximum absolute atomic E-state index is 12.5. The maximum Gasteiger partial charge on any atom is 0.330 e. The monoisotopic (exact) mass is 347 g/mol. The second-order valence-electron chi connectivity index (χ2n) is 7.35. The van der Waals surface area contributed by atoms with Crippen molar-refractivity contribution >= 4 is 11.9 Å². The molecule has 2 unspecified atom stereocenters. The van der Waals surface area contributed by atoms with E-state index in [0.29, 0.717) is 13.2 Å². The first-order valence-electron chi connectivity index (χ1n) is 8.71. The van der Waals surface area contributed by atoms with Gasteiger partial charge in [0, 0.05) is 24.9 Å². The van der Waals surface area contributed by atoms with Crippen molar-refractivity contribution < 1.29 is 24.2 Å². The minimum Gasteiger partial charge on any atom is -0.493 e. The Labute approximate surface area is 147 Å². The minimum absolute atomic E-state index is 0.150. The number of nitrogens with one attached hydrogen (secondary N) is 1. The number of rotatable bonds is 6. The average Bonchev–Trinajstić information content (AvgIpc) is 3.01.